The second-order valence-electron chi connectivity index (χ2n) is 8.40. The quantitative estimate of drug-likeness (QED) is 0.803. The number of piperazine rings is 1. The molecular formula is C22H25F2N5O2. The highest BCUT2D eigenvalue weighted by molar-refractivity contribution is 5.93. The number of anilines is 4. The van der Waals surface area contributed by atoms with Crippen LogP contribution in [-0.4, -0.2) is 72.8 Å². The Morgan fingerprint density at radius 2 is 1.74 bits per heavy atom. The first-order valence-electron chi connectivity index (χ1n) is 10.6. The van der Waals surface area contributed by atoms with E-state index < -0.39 is 17.9 Å². The van der Waals surface area contributed by atoms with E-state index in [0.29, 0.717) is 25.3 Å². The normalized spacial score (nSPS) is 22.9. The van der Waals surface area contributed by atoms with E-state index in [0.717, 1.165) is 43.4 Å². The Balaban J connectivity index is 1.25. The summed E-state index contributed by atoms with van der Waals surface area (Å²) >= 11 is 0. The van der Waals surface area contributed by atoms with Gasteiger partial charge in [0.15, 0.2) is 0 Å². The molecule has 1 aromatic heterocycles. The molecule has 7 nitrogen and oxygen atoms in total. The van der Waals surface area contributed by atoms with Crippen LogP contribution in [0.15, 0.2) is 42.6 Å². The van der Waals surface area contributed by atoms with Crippen molar-refractivity contribution in [1.82, 2.24) is 9.88 Å². The van der Waals surface area contributed by atoms with Crippen molar-refractivity contribution >= 4 is 29.0 Å². The van der Waals surface area contributed by atoms with Gasteiger partial charge in [0.05, 0.1) is 23.3 Å². The molecule has 1 aromatic carbocycles. The lowest BCUT2D eigenvalue weighted by atomic mass is 10.1. The third-order valence-electron chi connectivity index (χ3n) is 6.42. The molecule has 3 heterocycles. The summed E-state index contributed by atoms with van der Waals surface area (Å²) in [6, 6.07) is 11.4. The predicted octanol–water partition coefficient (Wildman–Crippen LogP) is 3.49. The fourth-order valence-corrected chi connectivity index (χ4v) is 4.49. The molecule has 2 aromatic rings. The van der Waals surface area contributed by atoms with E-state index in [1.54, 1.807) is 6.07 Å². The number of fused-ring (bicyclic) bond motifs is 1. The number of halogens is 2. The van der Waals surface area contributed by atoms with Gasteiger partial charge in [0.1, 0.15) is 5.82 Å². The Bertz CT molecular complexity index is 963. The van der Waals surface area contributed by atoms with Crippen LogP contribution < -0.4 is 14.7 Å². The summed E-state index contributed by atoms with van der Waals surface area (Å²) < 4.78 is 26.3. The van der Waals surface area contributed by atoms with Crippen LogP contribution in [-0.2, 0) is 0 Å². The van der Waals surface area contributed by atoms with Crippen molar-refractivity contribution in [2.45, 2.75) is 12.3 Å². The van der Waals surface area contributed by atoms with Gasteiger partial charge in [0.25, 0.3) is 5.92 Å². The average Bonchev–Trinajstić information content (AvgIpc) is 3.39. The summed E-state index contributed by atoms with van der Waals surface area (Å²) in [4.78, 5) is 23.9. The van der Waals surface area contributed by atoms with Crippen molar-refractivity contribution in [3.63, 3.8) is 0 Å². The number of amides is 1. The van der Waals surface area contributed by atoms with Gasteiger partial charge in [-0.3, -0.25) is 9.80 Å². The number of rotatable bonds is 4. The Morgan fingerprint density at radius 1 is 1.03 bits per heavy atom. The van der Waals surface area contributed by atoms with E-state index in [1.807, 2.05) is 41.4 Å². The molecule has 3 aliphatic rings. The van der Waals surface area contributed by atoms with Crippen molar-refractivity contribution in [3.8, 4) is 0 Å². The van der Waals surface area contributed by atoms with E-state index in [1.165, 1.54) is 4.90 Å². The number of alkyl halides is 2. The number of hydrogen-bond acceptors (Lipinski definition) is 5. The van der Waals surface area contributed by atoms with Gasteiger partial charge < -0.3 is 14.9 Å². The first kappa shape index (κ1) is 20.0. The molecule has 0 spiro atoms. The van der Waals surface area contributed by atoms with E-state index >= 15 is 0 Å². The lowest BCUT2D eigenvalue weighted by Gasteiger charge is -2.37. The summed E-state index contributed by atoms with van der Waals surface area (Å²) in [7, 11) is 0. The Labute approximate surface area is 179 Å². The molecular weight excluding hydrogens is 404 g/mol. The third-order valence-corrected chi connectivity index (χ3v) is 6.42. The standard InChI is InChI=1S/C22H25F2N5O2/c23-22(24)13-16(22)15-26-7-9-27(10-8-26)17-5-6-20(25-14-17)28-11-12-29(21(30)31)19-4-2-1-3-18(19)28/h1-6,14,16H,7-13,15H2,(H,30,31). The Morgan fingerprint density at radius 3 is 2.35 bits per heavy atom. The summed E-state index contributed by atoms with van der Waals surface area (Å²) in [5.74, 6) is -2.15. The lowest BCUT2D eigenvalue weighted by Crippen LogP contribution is -2.47. The summed E-state index contributed by atoms with van der Waals surface area (Å²) in [6.45, 7) is 4.52. The molecule has 9 heteroatoms. The molecule has 1 aliphatic carbocycles. The van der Waals surface area contributed by atoms with Gasteiger partial charge in [-0.25, -0.2) is 18.6 Å². The molecule has 1 atom stereocenters. The lowest BCUT2D eigenvalue weighted by molar-refractivity contribution is 0.0863. The molecule has 31 heavy (non-hydrogen) atoms. The van der Waals surface area contributed by atoms with Crippen LogP contribution in [0.2, 0.25) is 0 Å². The number of para-hydroxylation sites is 2. The zero-order valence-corrected chi connectivity index (χ0v) is 17.1. The van der Waals surface area contributed by atoms with Gasteiger partial charge in [0, 0.05) is 58.2 Å². The minimum absolute atomic E-state index is 0.0302. The average molecular weight is 429 g/mol. The van der Waals surface area contributed by atoms with Crippen LogP contribution in [0.1, 0.15) is 6.42 Å². The predicted molar refractivity (Wildman–Crippen MR) is 115 cm³/mol. The maximum absolute atomic E-state index is 13.2. The molecule has 2 aliphatic heterocycles. The van der Waals surface area contributed by atoms with Crippen molar-refractivity contribution in [2.75, 3.05) is 60.5 Å². The number of carboxylic acid groups (broad SMARTS) is 1. The number of hydrogen-bond donors (Lipinski definition) is 1. The number of aromatic nitrogens is 1. The highest BCUT2D eigenvalue weighted by Gasteiger charge is 2.57. The number of pyridine rings is 1. The van der Waals surface area contributed by atoms with Crippen molar-refractivity contribution in [3.05, 3.63) is 42.6 Å². The molecule has 1 amide bonds. The molecule has 1 N–H and O–H groups in total. The van der Waals surface area contributed by atoms with Gasteiger partial charge in [-0.05, 0) is 24.3 Å². The molecule has 0 radical (unpaired) electrons. The zero-order chi connectivity index (χ0) is 21.6. The fraction of sp³-hybridized carbons (Fsp3) is 0.455. The smallest absolute Gasteiger partial charge is 0.411 e. The Hall–Kier alpha value is -2.94. The van der Waals surface area contributed by atoms with E-state index in [2.05, 4.69) is 14.8 Å². The van der Waals surface area contributed by atoms with E-state index in [9.17, 15) is 18.7 Å². The van der Waals surface area contributed by atoms with Gasteiger partial charge in [-0.15, -0.1) is 0 Å². The largest absolute Gasteiger partial charge is 0.465 e. The first-order valence-corrected chi connectivity index (χ1v) is 10.6. The third kappa shape index (κ3) is 3.89. The van der Waals surface area contributed by atoms with Gasteiger partial charge >= 0.3 is 6.09 Å². The van der Waals surface area contributed by atoms with Crippen LogP contribution in [0.5, 0.6) is 0 Å². The van der Waals surface area contributed by atoms with E-state index in [-0.39, 0.29) is 6.42 Å². The summed E-state index contributed by atoms with van der Waals surface area (Å²) in [6.07, 6.45) is 0.911. The Kier molecular flexibility index (Phi) is 4.92. The summed E-state index contributed by atoms with van der Waals surface area (Å²) in [5.41, 5.74) is 2.49. The molecule has 164 valence electrons. The zero-order valence-electron chi connectivity index (χ0n) is 17.1. The van der Waals surface area contributed by atoms with Crippen LogP contribution in [0.25, 0.3) is 0 Å². The number of nitrogens with zero attached hydrogens (tertiary/aromatic N) is 5. The minimum atomic E-state index is -2.45. The minimum Gasteiger partial charge on any atom is -0.465 e. The second kappa shape index (κ2) is 7.64. The molecule has 0 bridgehead atoms. The van der Waals surface area contributed by atoms with Gasteiger partial charge in [-0.2, -0.15) is 0 Å². The van der Waals surface area contributed by atoms with Crippen molar-refractivity contribution < 1.29 is 18.7 Å². The molecule has 1 unspecified atom stereocenters. The molecule has 1 saturated heterocycles. The molecule has 5 rings (SSSR count). The SMILES string of the molecule is O=C(O)N1CCN(c2ccc(N3CCN(CC4CC4(F)F)CC3)cn2)c2ccccc21. The first-order chi connectivity index (χ1) is 14.9. The number of carbonyl (C=O) groups is 1. The van der Waals surface area contributed by atoms with Crippen molar-refractivity contribution in [2.24, 2.45) is 5.92 Å². The highest BCUT2D eigenvalue weighted by atomic mass is 19.3. The van der Waals surface area contributed by atoms with Crippen LogP contribution in [0.3, 0.4) is 0 Å². The second-order valence-corrected chi connectivity index (χ2v) is 8.40. The number of benzene rings is 1. The van der Waals surface area contributed by atoms with Gasteiger partial charge in [0.2, 0.25) is 0 Å². The van der Waals surface area contributed by atoms with Gasteiger partial charge in [-0.1, -0.05) is 12.1 Å². The molecule has 1 saturated carbocycles. The maximum Gasteiger partial charge on any atom is 0.411 e. The molecule has 2 fully saturated rings. The van der Waals surface area contributed by atoms with Crippen molar-refractivity contribution in [1.29, 1.82) is 0 Å². The highest BCUT2D eigenvalue weighted by Crippen LogP contribution is 2.49. The monoisotopic (exact) mass is 429 g/mol. The maximum atomic E-state index is 13.2. The topological polar surface area (TPSA) is 63.2 Å². The van der Waals surface area contributed by atoms with Crippen LogP contribution in [0, 0.1) is 5.92 Å². The fourth-order valence-electron chi connectivity index (χ4n) is 4.49. The summed E-state index contributed by atoms with van der Waals surface area (Å²) in [5, 5.41) is 9.46. The van der Waals surface area contributed by atoms with Crippen LogP contribution >= 0.6 is 0 Å². The van der Waals surface area contributed by atoms with E-state index in [4.69, 9.17) is 0 Å². The van der Waals surface area contributed by atoms with Crippen LogP contribution in [0.4, 0.5) is 36.5 Å².